The third-order valence-electron chi connectivity index (χ3n) is 2.65. The third kappa shape index (κ3) is 4.19. The lowest BCUT2D eigenvalue weighted by Gasteiger charge is -2.18. The highest BCUT2D eigenvalue weighted by Gasteiger charge is 2.11. The van der Waals surface area contributed by atoms with Gasteiger partial charge in [-0.05, 0) is 38.0 Å². The molecule has 1 rings (SSSR count). The first kappa shape index (κ1) is 13.7. The molecule has 0 N–H and O–H groups in total. The second kappa shape index (κ2) is 6.40. The van der Waals surface area contributed by atoms with E-state index >= 15 is 0 Å². The van der Waals surface area contributed by atoms with Gasteiger partial charge in [-0.15, -0.1) is 0 Å². The summed E-state index contributed by atoms with van der Waals surface area (Å²) in [5.41, 5.74) is 2.17. The Bertz CT molecular complexity index is 357. The van der Waals surface area contributed by atoms with E-state index < -0.39 is 0 Å². The molecular weight excluding hydrogens is 214 g/mol. The standard InChI is InChI=1S/C14H21NO2/c1-5-12-6-8-13(9-7-12)15(4)14(16)10-17-11(2)3/h6-9,11H,5,10H2,1-4H3. The molecule has 0 fully saturated rings. The summed E-state index contributed by atoms with van der Waals surface area (Å²) in [6.45, 7) is 6.08. The molecule has 1 amide bonds. The number of hydrogen-bond donors (Lipinski definition) is 0. The Balaban J connectivity index is 2.61. The van der Waals surface area contributed by atoms with E-state index in [0.717, 1.165) is 12.1 Å². The van der Waals surface area contributed by atoms with E-state index in [9.17, 15) is 4.79 Å². The lowest BCUT2D eigenvalue weighted by atomic mass is 10.1. The molecule has 0 atom stereocenters. The molecule has 0 radical (unpaired) electrons. The molecule has 1 aromatic rings. The van der Waals surface area contributed by atoms with Crippen LogP contribution in [-0.2, 0) is 16.0 Å². The number of likely N-dealkylation sites (N-methyl/N-ethyl adjacent to an activating group) is 1. The number of anilines is 1. The van der Waals surface area contributed by atoms with Crippen molar-refractivity contribution in [2.24, 2.45) is 0 Å². The van der Waals surface area contributed by atoms with E-state index in [1.807, 2.05) is 38.1 Å². The topological polar surface area (TPSA) is 29.5 Å². The zero-order valence-corrected chi connectivity index (χ0v) is 11.1. The highest BCUT2D eigenvalue weighted by Crippen LogP contribution is 2.14. The van der Waals surface area contributed by atoms with Crippen molar-refractivity contribution in [3.63, 3.8) is 0 Å². The average Bonchev–Trinajstić information content (AvgIpc) is 2.35. The van der Waals surface area contributed by atoms with Crippen molar-refractivity contribution in [3.8, 4) is 0 Å². The van der Waals surface area contributed by atoms with Crippen LogP contribution in [0.25, 0.3) is 0 Å². The van der Waals surface area contributed by atoms with Gasteiger partial charge in [0.25, 0.3) is 5.91 Å². The van der Waals surface area contributed by atoms with Crippen LogP contribution in [0.2, 0.25) is 0 Å². The normalized spacial score (nSPS) is 10.6. The Morgan fingerprint density at radius 3 is 2.35 bits per heavy atom. The molecule has 0 aromatic heterocycles. The Morgan fingerprint density at radius 2 is 1.88 bits per heavy atom. The minimum Gasteiger partial charge on any atom is -0.369 e. The fourth-order valence-corrected chi connectivity index (χ4v) is 1.43. The predicted octanol–water partition coefficient (Wildman–Crippen LogP) is 2.64. The summed E-state index contributed by atoms with van der Waals surface area (Å²) in [5.74, 6) is -0.0250. The van der Waals surface area contributed by atoms with Crippen LogP contribution in [0, 0.1) is 0 Å². The van der Waals surface area contributed by atoms with Gasteiger partial charge in [-0.25, -0.2) is 0 Å². The van der Waals surface area contributed by atoms with Crippen LogP contribution >= 0.6 is 0 Å². The molecule has 0 unspecified atom stereocenters. The maximum atomic E-state index is 11.8. The first-order chi connectivity index (χ1) is 8.04. The smallest absolute Gasteiger partial charge is 0.252 e. The minimum atomic E-state index is -0.0250. The molecule has 1 aromatic carbocycles. The number of nitrogens with zero attached hydrogens (tertiary/aromatic N) is 1. The summed E-state index contributed by atoms with van der Waals surface area (Å²) in [4.78, 5) is 13.4. The average molecular weight is 235 g/mol. The van der Waals surface area contributed by atoms with Gasteiger partial charge in [0.05, 0.1) is 6.10 Å². The molecule has 3 heteroatoms. The fraction of sp³-hybridized carbons (Fsp3) is 0.500. The van der Waals surface area contributed by atoms with Gasteiger partial charge in [-0.1, -0.05) is 19.1 Å². The summed E-state index contributed by atoms with van der Waals surface area (Å²) < 4.78 is 5.30. The van der Waals surface area contributed by atoms with Crippen LogP contribution in [-0.4, -0.2) is 25.7 Å². The number of ether oxygens (including phenoxy) is 1. The summed E-state index contributed by atoms with van der Waals surface area (Å²) in [5, 5.41) is 0. The minimum absolute atomic E-state index is 0.0250. The van der Waals surface area contributed by atoms with Crippen molar-refractivity contribution in [3.05, 3.63) is 29.8 Å². The molecular formula is C14H21NO2. The molecule has 0 aliphatic heterocycles. The number of amides is 1. The van der Waals surface area contributed by atoms with E-state index in [0.29, 0.717) is 0 Å². The van der Waals surface area contributed by atoms with Gasteiger partial charge in [0.15, 0.2) is 0 Å². The largest absolute Gasteiger partial charge is 0.369 e. The third-order valence-corrected chi connectivity index (χ3v) is 2.65. The number of benzene rings is 1. The Kier molecular flexibility index (Phi) is 5.16. The van der Waals surface area contributed by atoms with Crippen molar-refractivity contribution in [2.45, 2.75) is 33.3 Å². The highest BCUT2D eigenvalue weighted by molar-refractivity contribution is 5.93. The van der Waals surface area contributed by atoms with Gasteiger partial charge in [-0.3, -0.25) is 4.79 Å². The van der Waals surface area contributed by atoms with E-state index in [-0.39, 0.29) is 18.6 Å². The summed E-state index contributed by atoms with van der Waals surface area (Å²) in [6.07, 6.45) is 1.09. The van der Waals surface area contributed by atoms with Crippen LogP contribution in [0.1, 0.15) is 26.3 Å². The molecule has 0 bridgehead atoms. The zero-order chi connectivity index (χ0) is 12.8. The van der Waals surface area contributed by atoms with Crippen molar-refractivity contribution in [1.29, 1.82) is 0 Å². The maximum absolute atomic E-state index is 11.8. The van der Waals surface area contributed by atoms with Crippen LogP contribution in [0.5, 0.6) is 0 Å². The van der Waals surface area contributed by atoms with Crippen LogP contribution in [0.3, 0.4) is 0 Å². The molecule has 0 heterocycles. The van der Waals surface area contributed by atoms with Crippen LogP contribution in [0.15, 0.2) is 24.3 Å². The molecule has 0 aliphatic carbocycles. The van der Waals surface area contributed by atoms with Gasteiger partial charge in [0.2, 0.25) is 0 Å². The van der Waals surface area contributed by atoms with Gasteiger partial charge in [-0.2, -0.15) is 0 Å². The molecule has 0 spiro atoms. The Labute approximate surface area is 103 Å². The highest BCUT2D eigenvalue weighted by atomic mass is 16.5. The number of hydrogen-bond acceptors (Lipinski definition) is 2. The number of aryl methyl sites for hydroxylation is 1. The number of carbonyl (C=O) groups excluding carboxylic acids is 1. The molecule has 3 nitrogen and oxygen atoms in total. The molecule has 0 saturated carbocycles. The quantitative estimate of drug-likeness (QED) is 0.785. The number of carbonyl (C=O) groups is 1. The van der Waals surface area contributed by atoms with Crippen molar-refractivity contribution in [1.82, 2.24) is 0 Å². The SMILES string of the molecule is CCc1ccc(N(C)C(=O)COC(C)C)cc1. The predicted molar refractivity (Wildman–Crippen MR) is 70.3 cm³/mol. The van der Waals surface area contributed by atoms with E-state index in [1.54, 1.807) is 11.9 Å². The Hall–Kier alpha value is -1.35. The van der Waals surface area contributed by atoms with Gasteiger partial charge in [0.1, 0.15) is 6.61 Å². The van der Waals surface area contributed by atoms with Crippen LogP contribution in [0.4, 0.5) is 5.69 Å². The van der Waals surface area contributed by atoms with Crippen molar-refractivity contribution in [2.75, 3.05) is 18.6 Å². The Morgan fingerprint density at radius 1 is 1.29 bits per heavy atom. The second-order valence-electron chi connectivity index (χ2n) is 4.33. The summed E-state index contributed by atoms with van der Waals surface area (Å²) >= 11 is 0. The first-order valence-electron chi connectivity index (χ1n) is 6.01. The van der Waals surface area contributed by atoms with Gasteiger partial charge in [0, 0.05) is 12.7 Å². The molecule has 0 aliphatic rings. The number of rotatable bonds is 5. The monoisotopic (exact) mass is 235 g/mol. The van der Waals surface area contributed by atoms with Gasteiger partial charge < -0.3 is 9.64 Å². The lowest BCUT2D eigenvalue weighted by molar-refractivity contribution is -0.124. The van der Waals surface area contributed by atoms with E-state index in [1.165, 1.54) is 5.56 Å². The second-order valence-corrected chi connectivity index (χ2v) is 4.33. The molecule has 17 heavy (non-hydrogen) atoms. The summed E-state index contributed by atoms with van der Waals surface area (Å²) in [7, 11) is 1.77. The van der Waals surface area contributed by atoms with E-state index in [2.05, 4.69) is 6.92 Å². The first-order valence-corrected chi connectivity index (χ1v) is 6.01. The van der Waals surface area contributed by atoms with Crippen molar-refractivity contribution >= 4 is 11.6 Å². The van der Waals surface area contributed by atoms with E-state index in [4.69, 9.17) is 4.74 Å². The zero-order valence-electron chi connectivity index (χ0n) is 11.1. The van der Waals surface area contributed by atoms with Crippen LogP contribution < -0.4 is 4.90 Å². The fourth-order valence-electron chi connectivity index (χ4n) is 1.43. The van der Waals surface area contributed by atoms with Crippen molar-refractivity contribution < 1.29 is 9.53 Å². The summed E-state index contributed by atoms with van der Waals surface area (Å²) in [6, 6.07) is 8.02. The molecule has 0 saturated heterocycles. The molecule has 94 valence electrons. The maximum Gasteiger partial charge on any atom is 0.252 e. The van der Waals surface area contributed by atoms with Gasteiger partial charge >= 0.3 is 0 Å². The lowest BCUT2D eigenvalue weighted by Crippen LogP contribution is -2.31.